The van der Waals surface area contributed by atoms with Gasteiger partial charge in [0, 0.05) is 16.8 Å². The van der Waals surface area contributed by atoms with Crippen LogP contribution in [0.4, 0.5) is 5.69 Å². The van der Waals surface area contributed by atoms with Crippen LogP contribution in [0.5, 0.6) is 23.0 Å². The van der Waals surface area contributed by atoms with E-state index >= 15 is 0 Å². The molecular weight excluding hydrogens is 486 g/mol. The van der Waals surface area contributed by atoms with Crippen LogP contribution in [0.3, 0.4) is 0 Å². The summed E-state index contributed by atoms with van der Waals surface area (Å²) in [7, 11) is 6.04. The second-order valence-corrected chi connectivity index (χ2v) is 8.49. The molecule has 1 amide bonds. The third-order valence-corrected chi connectivity index (χ3v) is 6.40. The van der Waals surface area contributed by atoms with Gasteiger partial charge in [-0.25, -0.2) is 0 Å². The Morgan fingerprint density at radius 1 is 0.861 bits per heavy atom. The van der Waals surface area contributed by atoms with Gasteiger partial charge in [-0.05, 0) is 48.0 Å². The number of amides is 1. The zero-order valence-corrected chi connectivity index (χ0v) is 20.7. The SMILES string of the molecule is COc1cccc(N2C(=O)c3oc4ccc(Cl)cc4c(=O)c3C2c2cc(OC)c(OC)c(OC)c2)c1. The van der Waals surface area contributed by atoms with Crippen LogP contribution in [0.15, 0.2) is 63.8 Å². The summed E-state index contributed by atoms with van der Waals surface area (Å²) in [6.45, 7) is 0. The van der Waals surface area contributed by atoms with Crippen molar-refractivity contribution in [2.75, 3.05) is 33.3 Å². The summed E-state index contributed by atoms with van der Waals surface area (Å²) in [6, 6.07) is 14.3. The molecule has 0 radical (unpaired) electrons. The average Bonchev–Trinajstić information content (AvgIpc) is 3.20. The van der Waals surface area contributed by atoms with Gasteiger partial charge in [-0.1, -0.05) is 17.7 Å². The number of hydrogen-bond acceptors (Lipinski definition) is 7. The van der Waals surface area contributed by atoms with Gasteiger partial charge in [0.2, 0.25) is 11.5 Å². The molecule has 184 valence electrons. The first kappa shape index (κ1) is 23.6. The number of benzene rings is 3. The molecule has 3 aromatic carbocycles. The van der Waals surface area contributed by atoms with Gasteiger partial charge in [-0.2, -0.15) is 0 Å². The number of fused-ring (bicyclic) bond motifs is 2. The molecule has 1 aromatic heterocycles. The van der Waals surface area contributed by atoms with Crippen LogP contribution in [0.2, 0.25) is 5.02 Å². The molecule has 2 heterocycles. The van der Waals surface area contributed by atoms with E-state index in [0.717, 1.165) is 0 Å². The van der Waals surface area contributed by atoms with E-state index in [0.29, 0.717) is 39.3 Å². The zero-order valence-electron chi connectivity index (χ0n) is 20.0. The maximum absolute atomic E-state index is 13.8. The van der Waals surface area contributed by atoms with Gasteiger partial charge in [0.15, 0.2) is 16.9 Å². The Morgan fingerprint density at radius 3 is 2.22 bits per heavy atom. The summed E-state index contributed by atoms with van der Waals surface area (Å²) in [5.74, 6) is 1.19. The topological polar surface area (TPSA) is 87.4 Å². The lowest BCUT2D eigenvalue weighted by molar-refractivity contribution is 0.0971. The van der Waals surface area contributed by atoms with Crippen molar-refractivity contribution in [2.24, 2.45) is 0 Å². The quantitative estimate of drug-likeness (QED) is 0.353. The van der Waals surface area contributed by atoms with Crippen molar-refractivity contribution in [3.05, 3.63) is 86.7 Å². The molecule has 5 rings (SSSR count). The van der Waals surface area contributed by atoms with Crippen LogP contribution < -0.4 is 29.3 Å². The molecule has 4 aromatic rings. The molecule has 0 saturated heterocycles. The monoisotopic (exact) mass is 507 g/mol. The van der Waals surface area contributed by atoms with Crippen LogP contribution in [0.25, 0.3) is 11.0 Å². The van der Waals surface area contributed by atoms with Gasteiger partial charge in [0.1, 0.15) is 11.3 Å². The number of methoxy groups -OCH3 is 4. The van der Waals surface area contributed by atoms with Crippen LogP contribution in [0.1, 0.15) is 27.7 Å². The van der Waals surface area contributed by atoms with Crippen molar-refractivity contribution in [3.63, 3.8) is 0 Å². The Kier molecular flexibility index (Phi) is 5.97. The van der Waals surface area contributed by atoms with Gasteiger partial charge in [-0.15, -0.1) is 0 Å². The summed E-state index contributed by atoms with van der Waals surface area (Å²) in [4.78, 5) is 29.1. The maximum atomic E-state index is 13.8. The predicted molar refractivity (Wildman–Crippen MR) is 135 cm³/mol. The Hall–Kier alpha value is -4.17. The Labute approximate surface area is 211 Å². The number of carbonyl (C=O) groups excluding carboxylic acids is 1. The molecule has 1 aliphatic heterocycles. The van der Waals surface area contributed by atoms with E-state index in [1.54, 1.807) is 48.5 Å². The second kappa shape index (κ2) is 9.13. The number of rotatable bonds is 6. The van der Waals surface area contributed by atoms with Crippen LogP contribution in [-0.2, 0) is 0 Å². The van der Waals surface area contributed by atoms with Crippen LogP contribution in [-0.4, -0.2) is 34.3 Å². The standard InChI is InChI=1S/C27H22ClNO7/c1-32-17-7-5-6-16(13-17)29-23(14-10-20(33-2)25(35-4)21(11-14)34-3)22-24(30)18-12-15(28)8-9-19(18)36-26(22)27(29)31/h5-13,23H,1-4H3. The number of carbonyl (C=O) groups is 1. The van der Waals surface area contributed by atoms with E-state index in [9.17, 15) is 9.59 Å². The van der Waals surface area contributed by atoms with Gasteiger partial charge < -0.3 is 23.4 Å². The largest absolute Gasteiger partial charge is 0.497 e. The Morgan fingerprint density at radius 2 is 1.58 bits per heavy atom. The molecule has 8 nitrogen and oxygen atoms in total. The van der Waals surface area contributed by atoms with Gasteiger partial charge >= 0.3 is 0 Å². The van der Waals surface area contributed by atoms with Crippen molar-refractivity contribution in [3.8, 4) is 23.0 Å². The average molecular weight is 508 g/mol. The molecule has 0 fully saturated rings. The van der Waals surface area contributed by atoms with E-state index in [-0.39, 0.29) is 27.7 Å². The Bertz CT molecular complexity index is 1540. The second-order valence-electron chi connectivity index (χ2n) is 8.05. The molecule has 0 N–H and O–H groups in total. The Balaban J connectivity index is 1.84. The lowest BCUT2D eigenvalue weighted by atomic mass is 9.97. The zero-order chi connectivity index (χ0) is 25.6. The summed E-state index contributed by atoms with van der Waals surface area (Å²) >= 11 is 6.18. The highest BCUT2D eigenvalue weighted by Crippen LogP contribution is 2.46. The normalized spacial score (nSPS) is 14.6. The highest BCUT2D eigenvalue weighted by Gasteiger charge is 2.44. The van der Waals surface area contributed by atoms with E-state index in [1.807, 2.05) is 0 Å². The fourth-order valence-corrected chi connectivity index (χ4v) is 4.72. The number of halogens is 1. The lowest BCUT2D eigenvalue weighted by Crippen LogP contribution is -2.29. The van der Waals surface area contributed by atoms with Crippen molar-refractivity contribution >= 4 is 34.2 Å². The van der Waals surface area contributed by atoms with Crippen molar-refractivity contribution in [1.29, 1.82) is 0 Å². The van der Waals surface area contributed by atoms with Crippen molar-refractivity contribution < 1.29 is 28.2 Å². The molecule has 0 saturated carbocycles. The number of ether oxygens (including phenoxy) is 4. The minimum Gasteiger partial charge on any atom is -0.497 e. The van der Waals surface area contributed by atoms with Crippen LogP contribution >= 0.6 is 11.6 Å². The minimum absolute atomic E-state index is 0.0450. The highest BCUT2D eigenvalue weighted by atomic mass is 35.5. The fourth-order valence-electron chi connectivity index (χ4n) is 4.55. The summed E-state index contributed by atoms with van der Waals surface area (Å²) in [6.07, 6.45) is 0. The molecule has 0 spiro atoms. The smallest absolute Gasteiger partial charge is 0.295 e. The third kappa shape index (κ3) is 3.61. The van der Waals surface area contributed by atoms with E-state index in [1.165, 1.54) is 39.4 Å². The van der Waals surface area contributed by atoms with E-state index < -0.39 is 11.9 Å². The molecule has 1 unspecified atom stereocenters. The number of hydrogen-bond donors (Lipinski definition) is 0. The molecule has 0 aliphatic carbocycles. The minimum atomic E-state index is -0.854. The van der Waals surface area contributed by atoms with Crippen molar-refractivity contribution in [2.45, 2.75) is 6.04 Å². The third-order valence-electron chi connectivity index (χ3n) is 6.17. The molecule has 9 heteroatoms. The van der Waals surface area contributed by atoms with Crippen LogP contribution in [0, 0.1) is 0 Å². The van der Waals surface area contributed by atoms with Crippen molar-refractivity contribution in [1.82, 2.24) is 0 Å². The van der Waals surface area contributed by atoms with Gasteiger partial charge in [0.25, 0.3) is 5.91 Å². The fraction of sp³-hybridized carbons (Fsp3) is 0.185. The number of nitrogens with zero attached hydrogens (tertiary/aromatic N) is 1. The summed E-state index contributed by atoms with van der Waals surface area (Å²) in [5, 5.41) is 0.659. The highest BCUT2D eigenvalue weighted by molar-refractivity contribution is 6.31. The maximum Gasteiger partial charge on any atom is 0.295 e. The van der Waals surface area contributed by atoms with Gasteiger partial charge in [0.05, 0.1) is 45.4 Å². The molecule has 36 heavy (non-hydrogen) atoms. The van der Waals surface area contributed by atoms with E-state index in [4.69, 9.17) is 35.0 Å². The first-order valence-electron chi connectivity index (χ1n) is 11.0. The molecule has 1 aliphatic rings. The number of anilines is 1. The lowest BCUT2D eigenvalue weighted by Gasteiger charge is -2.26. The van der Waals surface area contributed by atoms with Gasteiger partial charge in [-0.3, -0.25) is 14.5 Å². The first-order valence-corrected chi connectivity index (χ1v) is 11.3. The van der Waals surface area contributed by atoms with E-state index in [2.05, 4.69) is 0 Å². The summed E-state index contributed by atoms with van der Waals surface area (Å²) in [5.41, 5.74) is 1.19. The molecular formula is C27H22ClNO7. The summed E-state index contributed by atoms with van der Waals surface area (Å²) < 4.78 is 27.9. The first-order chi connectivity index (χ1) is 17.4. The predicted octanol–water partition coefficient (Wildman–Crippen LogP) is 5.23. The molecule has 1 atom stereocenters. The molecule has 0 bridgehead atoms.